The highest BCUT2D eigenvalue weighted by molar-refractivity contribution is 6.07. The first-order valence-corrected chi connectivity index (χ1v) is 7.56. The summed E-state index contributed by atoms with van der Waals surface area (Å²) in [6.45, 7) is 3.92. The molecule has 4 nitrogen and oxygen atoms in total. The summed E-state index contributed by atoms with van der Waals surface area (Å²) in [5, 5.41) is 3.97. The lowest BCUT2D eigenvalue weighted by molar-refractivity contribution is 0.0685. The molecule has 0 radical (unpaired) electrons. The van der Waals surface area contributed by atoms with Crippen LogP contribution in [0.15, 0.2) is 30.3 Å². The smallest absolute Gasteiger partial charge is 0.254 e. The van der Waals surface area contributed by atoms with Crippen LogP contribution in [0, 0.1) is 5.92 Å². The highest BCUT2D eigenvalue weighted by atomic mass is 16.2. The number of carbonyl (C=O) groups is 1. The van der Waals surface area contributed by atoms with Gasteiger partial charge >= 0.3 is 0 Å². The first-order chi connectivity index (χ1) is 10.2. The van der Waals surface area contributed by atoms with Gasteiger partial charge in [0.2, 0.25) is 0 Å². The van der Waals surface area contributed by atoms with Crippen LogP contribution < -0.4 is 5.32 Å². The molecule has 1 aliphatic rings. The van der Waals surface area contributed by atoms with Gasteiger partial charge in [0.15, 0.2) is 0 Å². The largest absolute Gasteiger partial charge is 0.373 e. The Morgan fingerprint density at radius 2 is 2.19 bits per heavy atom. The van der Waals surface area contributed by atoms with E-state index in [2.05, 4.69) is 17.2 Å². The number of piperidine rings is 1. The predicted molar refractivity (Wildman–Crippen MR) is 85.6 cm³/mol. The number of hydrogen-bond donors (Lipinski definition) is 1. The number of aromatic nitrogens is 1. The number of para-hydroxylation sites is 1. The Labute approximate surface area is 125 Å². The van der Waals surface area contributed by atoms with Gasteiger partial charge in [-0.1, -0.05) is 25.1 Å². The minimum atomic E-state index is 0.122. The number of benzene rings is 1. The first kappa shape index (κ1) is 13.9. The second-order valence-electron chi connectivity index (χ2n) is 5.82. The number of pyridine rings is 1. The Hall–Kier alpha value is -2.10. The van der Waals surface area contributed by atoms with Crippen LogP contribution in [0.25, 0.3) is 10.9 Å². The molecule has 1 N–H and O–H groups in total. The Morgan fingerprint density at radius 3 is 2.95 bits per heavy atom. The Balaban J connectivity index is 2.04. The number of nitrogens with zero attached hydrogens (tertiary/aromatic N) is 2. The Bertz CT molecular complexity index is 668. The fourth-order valence-corrected chi connectivity index (χ4v) is 3.02. The average molecular weight is 283 g/mol. The van der Waals surface area contributed by atoms with Crippen molar-refractivity contribution in [3.63, 3.8) is 0 Å². The normalized spacial score (nSPS) is 18.8. The molecular formula is C17H21N3O. The number of likely N-dealkylation sites (tertiary alicyclic amines) is 1. The molecule has 2 aromatic rings. The fraction of sp³-hybridized carbons (Fsp3) is 0.412. The Morgan fingerprint density at radius 1 is 1.38 bits per heavy atom. The van der Waals surface area contributed by atoms with Gasteiger partial charge in [-0.2, -0.15) is 0 Å². The van der Waals surface area contributed by atoms with Crippen LogP contribution in [0.2, 0.25) is 0 Å². The van der Waals surface area contributed by atoms with E-state index in [1.165, 1.54) is 6.42 Å². The van der Waals surface area contributed by atoms with Crippen molar-refractivity contribution in [2.75, 3.05) is 25.5 Å². The summed E-state index contributed by atoms with van der Waals surface area (Å²) in [5.41, 5.74) is 1.61. The second kappa shape index (κ2) is 5.72. The molecule has 1 amide bonds. The second-order valence-corrected chi connectivity index (χ2v) is 5.82. The van der Waals surface area contributed by atoms with Crippen LogP contribution in [0.4, 0.5) is 5.82 Å². The number of anilines is 1. The van der Waals surface area contributed by atoms with Crippen LogP contribution in [0.3, 0.4) is 0 Å². The van der Waals surface area contributed by atoms with Crippen molar-refractivity contribution in [3.05, 3.63) is 35.9 Å². The number of fused-ring (bicyclic) bond motifs is 1. The Kier molecular flexibility index (Phi) is 3.78. The van der Waals surface area contributed by atoms with E-state index < -0.39 is 0 Å². The molecule has 0 bridgehead atoms. The number of hydrogen-bond acceptors (Lipinski definition) is 3. The molecule has 0 saturated carbocycles. The highest BCUT2D eigenvalue weighted by Crippen LogP contribution is 2.24. The maximum Gasteiger partial charge on any atom is 0.254 e. The van der Waals surface area contributed by atoms with E-state index in [-0.39, 0.29) is 5.91 Å². The first-order valence-electron chi connectivity index (χ1n) is 7.56. The lowest BCUT2D eigenvalue weighted by Gasteiger charge is -2.31. The van der Waals surface area contributed by atoms with E-state index in [9.17, 15) is 4.79 Å². The van der Waals surface area contributed by atoms with Gasteiger partial charge in [0.05, 0.1) is 11.1 Å². The van der Waals surface area contributed by atoms with Gasteiger partial charge in [-0.05, 0) is 30.9 Å². The van der Waals surface area contributed by atoms with E-state index in [1.54, 1.807) is 0 Å². The third-order valence-corrected chi connectivity index (χ3v) is 4.15. The SMILES string of the molecule is CNc1cc(C(=O)N2CCCC(C)C2)c2ccccc2n1. The van der Waals surface area contributed by atoms with Gasteiger partial charge in [-0.3, -0.25) is 4.79 Å². The van der Waals surface area contributed by atoms with Gasteiger partial charge < -0.3 is 10.2 Å². The number of amides is 1. The van der Waals surface area contributed by atoms with E-state index >= 15 is 0 Å². The molecular weight excluding hydrogens is 262 g/mol. The molecule has 110 valence electrons. The van der Waals surface area contributed by atoms with Crippen LogP contribution in [-0.2, 0) is 0 Å². The highest BCUT2D eigenvalue weighted by Gasteiger charge is 2.23. The molecule has 2 heterocycles. The monoisotopic (exact) mass is 283 g/mol. The minimum Gasteiger partial charge on any atom is -0.373 e. The summed E-state index contributed by atoms with van der Waals surface area (Å²) in [6, 6.07) is 9.70. The van der Waals surface area contributed by atoms with Crippen molar-refractivity contribution in [1.82, 2.24) is 9.88 Å². The van der Waals surface area contributed by atoms with Crippen LogP contribution >= 0.6 is 0 Å². The van der Waals surface area contributed by atoms with Gasteiger partial charge in [-0.15, -0.1) is 0 Å². The van der Waals surface area contributed by atoms with E-state index in [4.69, 9.17) is 0 Å². The van der Waals surface area contributed by atoms with Gasteiger partial charge in [0.1, 0.15) is 5.82 Å². The van der Waals surface area contributed by atoms with Crippen molar-refractivity contribution in [2.45, 2.75) is 19.8 Å². The summed E-state index contributed by atoms with van der Waals surface area (Å²) in [7, 11) is 1.83. The van der Waals surface area contributed by atoms with Crippen LogP contribution in [-0.4, -0.2) is 35.9 Å². The summed E-state index contributed by atoms with van der Waals surface area (Å²) in [6.07, 6.45) is 2.30. The van der Waals surface area contributed by atoms with E-state index in [0.29, 0.717) is 5.92 Å². The molecule has 0 spiro atoms. The molecule has 1 atom stereocenters. The fourth-order valence-electron chi connectivity index (χ4n) is 3.02. The lowest BCUT2D eigenvalue weighted by atomic mass is 9.99. The average Bonchev–Trinajstić information content (AvgIpc) is 2.53. The molecule has 1 saturated heterocycles. The van der Waals surface area contributed by atoms with Crippen LogP contribution in [0.5, 0.6) is 0 Å². The zero-order valence-electron chi connectivity index (χ0n) is 12.6. The van der Waals surface area contributed by atoms with E-state index in [0.717, 1.165) is 41.8 Å². The maximum atomic E-state index is 12.9. The molecule has 0 aliphatic carbocycles. The zero-order valence-corrected chi connectivity index (χ0v) is 12.6. The van der Waals surface area contributed by atoms with Gasteiger partial charge in [-0.25, -0.2) is 4.98 Å². The standard InChI is InChI=1S/C17H21N3O/c1-12-6-5-9-20(11-12)17(21)14-10-16(18-2)19-15-8-4-3-7-13(14)15/h3-4,7-8,10,12H,5-6,9,11H2,1-2H3,(H,18,19). The van der Waals surface area contributed by atoms with Gasteiger partial charge in [0.25, 0.3) is 5.91 Å². The molecule has 1 aromatic heterocycles. The van der Waals surface area contributed by atoms with Crippen molar-refractivity contribution >= 4 is 22.6 Å². The van der Waals surface area contributed by atoms with Crippen molar-refractivity contribution in [3.8, 4) is 0 Å². The number of carbonyl (C=O) groups excluding carboxylic acids is 1. The molecule has 1 unspecified atom stereocenters. The van der Waals surface area contributed by atoms with Crippen LogP contribution in [0.1, 0.15) is 30.1 Å². The van der Waals surface area contributed by atoms with Gasteiger partial charge in [0, 0.05) is 25.5 Å². The third-order valence-electron chi connectivity index (χ3n) is 4.15. The van der Waals surface area contributed by atoms with Crippen molar-refractivity contribution in [1.29, 1.82) is 0 Å². The summed E-state index contributed by atoms with van der Waals surface area (Å²) >= 11 is 0. The van der Waals surface area contributed by atoms with E-state index in [1.807, 2.05) is 42.3 Å². The summed E-state index contributed by atoms with van der Waals surface area (Å²) < 4.78 is 0. The number of nitrogens with one attached hydrogen (secondary N) is 1. The topological polar surface area (TPSA) is 45.2 Å². The quantitative estimate of drug-likeness (QED) is 0.921. The summed E-state index contributed by atoms with van der Waals surface area (Å²) in [5.74, 6) is 1.44. The third kappa shape index (κ3) is 2.71. The van der Waals surface area contributed by atoms with Crippen molar-refractivity contribution < 1.29 is 4.79 Å². The maximum absolute atomic E-state index is 12.9. The minimum absolute atomic E-state index is 0.122. The molecule has 1 aliphatic heterocycles. The summed E-state index contributed by atoms with van der Waals surface area (Å²) in [4.78, 5) is 19.4. The molecule has 21 heavy (non-hydrogen) atoms. The molecule has 1 aromatic carbocycles. The molecule has 4 heteroatoms. The predicted octanol–water partition coefficient (Wildman–Crippen LogP) is 3.15. The zero-order chi connectivity index (χ0) is 14.8. The lowest BCUT2D eigenvalue weighted by Crippen LogP contribution is -2.39. The van der Waals surface area contributed by atoms with Crippen molar-refractivity contribution in [2.24, 2.45) is 5.92 Å². The molecule has 1 fully saturated rings. The molecule has 3 rings (SSSR count). The number of rotatable bonds is 2.